The molecule has 30 heavy (non-hydrogen) atoms. The zero-order chi connectivity index (χ0) is 21.3. The zero-order valence-electron chi connectivity index (χ0n) is 16.0. The number of fused-ring (bicyclic) bond motifs is 1. The summed E-state index contributed by atoms with van der Waals surface area (Å²) >= 11 is 12.2. The van der Waals surface area contributed by atoms with Gasteiger partial charge in [0.1, 0.15) is 5.82 Å². The van der Waals surface area contributed by atoms with E-state index in [4.69, 9.17) is 23.2 Å². The lowest BCUT2D eigenvalue weighted by atomic mass is 10.1. The number of hydrogen-bond acceptors (Lipinski definition) is 3. The molecular weight excluding hydrogens is 421 g/mol. The van der Waals surface area contributed by atoms with E-state index >= 15 is 0 Å². The first-order chi connectivity index (χ1) is 14.4. The summed E-state index contributed by atoms with van der Waals surface area (Å²) in [6.07, 6.45) is 0. The minimum absolute atomic E-state index is 0.198. The number of rotatable bonds is 4. The Morgan fingerprint density at radius 1 is 1.03 bits per heavy atom. The minimum atomic E-state index is -0.312. The van der Waals surface area contributed by atoms with Crippen LogP contribution in [0.15, 0.2) is 71.5 Å². The van der Waals surface area contributed by atoms with Gasteiger partial charge in [-0.15, -0.1) is 0 Å². The van der Waals surface area contributed by atoms with Crippen LogP contribution in [0.25, 0.3) is 10.9 Å². The quantitative estimate of drug-likeness (QED) is 0.470. The van der Waals surface area contributed by atoms with Crippen LogP contribution < -0.4 is 10.9 Å². The standard InChI is InChI=1S/C23H17Cl2N3O2/c1-14-26-21-10-9-18(27-22(29)15-6-4-7-17(24)11-15)12-19(21)23(30)28(14)13-16-5-2-3-8-20(16)25/h2-12H,13H2,1H3,(H,27,29). The Hall–Kier alpha value is -3.15. The predicted octanol–water partition coefficient (Wildman–Crippen LogP) is 5.31. The number of aryl methyl sites for hydroxylation is 1. The number of amides is 1. The van der Waals surface area contributed by atoms with Gasteiger partial charge in [-0.2, -0.15) is 0 Å². The van der Waals surface area contributed by atoms with E-state index in [0.717, 1.165) is 5.56 Å². The molecule has 0 atom stereocenters. The maximum atomic E-state index is 13.2. The molecule has 4 aromatic rings. The van der Waals surface area contributed by atoms with Crippen LogP contribution in [-0.2, 0) is 6.54 Å². The molecule has 1 heterocycles. The molecule has 0 aliphatic carbocycles. The van der Waals surface area contributed by atoms with Crippen LogP contribution in [0.4, 0.5) is 5.69 Å². The molecule has 3 aromatic carbocycles. The van der Waals surface area contributed by atoms with Crippen molar-refractivity contribution < 1.29 is 4.79 Å². The van der Waals surface area contributed by atoms with E-state index in [1.807, 2.05) is 18.2 Å². The highest BCUT2D eigenvalue weighted by Gasteiger charge is 2.12. The first-order valence-corrected chi connectivity index (χ1v) is 9.99. The summed E-state index contributed by atoms with van der Waals surface area (Å²) < 4.78 is 1.58. The van der Waals surface area contributed by atoms with Crippen molar-refractivity contribution in [3.05, 3.63) is 104 Å². The van der Waals surface area contributed by atoms with Gasteiger partial charge in [-0.05, 0) is 55.0 Å². The Bertz CT molecular complexity index is 1330. The summed E-state index contributed by atoms with van der Waals surface area (Å²) in [5.41, 5.74) is 2.13. The van der Waals surface area contributed by atoms with E-state index < -0.39 is 0 Å². The molecule has 0 saturated heterocycles. The molecule has 1 aromatic heterocycles. The van der Waals surface area contributed by atoms with Gasteiger partial charge in [0, 0.05) is 21.3 Å². The fourth-order valence-corrected chi connectivity index (χ4v) is 3.61. The van der Waals surface area contributed by atoms with E-state index in [0.29, 0.717) is 44.6 Å². The first kappa shape index (κ1) is 20.1. The van der Waals surface area contributed by atoms with Crippen molar-refractivity contribution in [1.82, 2.24) is 9.55 Å². The van der Waals surface area contributed by atoms with E-state index in [-0.39, 0.29) is 11.5 Å². The highest BCUT2D eigenvalue weighted by Crippen LogP contribution is 2.20. The number of carbonyl (C=O) groups is 1. The Balaban J connectivity index is 1.70. The third kappa shape index (κ3) is 4.08. The van der Waals surface area contributed by atoms with E-state index in [1.165, 1.54) is 0 Å². The monoisotopic (exact) mass is 437 g/mol. The third-order valence-corrected chi connectivity index (χ3v) is 5.38. The molecule has 5 nitrogen and oxygen atoms in total. The van der Waals surface area contributed by atoms with Crippen molar-refractivity contribution >= 4 is 45.7 Å². The van der Waals surface area contributed by atoms with E-state index in [1.54, 1.807) is 60.0 Å². The molecular formula is C23H17Cl2N3O2. The van der Waals surface area contributed by atoms with Crippen molar-refractivity contribution in [1.29, 1.82) is 0 Å². The number of carbonyl (C=O) groups excluding carboxylic acids is 1. The lowest BCUT2D eigenvalue weighted by Gasteiger charge is -2.13. The second kappa shape index (κ2) is 8.30. The SMILES string of the molecule is Cc1nc2ccc(NC(=O)c3cccc(Cl)c3)cc2c(=O)n1Cc1ccccc1Cl. The number of aromatic nitrogens is 2. The van der Waals surface area contributed by atoms with Gasteiger partial charge >= 0.3 is 0 Å². The summed E-state index contributed by atoms with van der Waals surface area (Å²) in [4.78, 5) is 30.2. The third-order valence-electron chi connectivity index (χ3n) is 4.78. The van der Waals surface area contributed by atoms with Crippen molar-refractivity contribution in [3.8, 4) is 0 Å². The Morgan fingerprint density at radius 3 is 2.60 bits per heavy atom. The van der Waals surface area contributed by atoms with Crippen molar-refractivity contribution in [2.75, 3.05) is 5.32 Å². The van der Waals surface area contributed by atoms with Gasteiger partial charge in [-0.25, -0.2) is 4.98 Å². The van der Waals surface area contributed by atoms with Crippen LogP contribution >= 0.6 is 23.2 Å². The summed E-state index contributed by atoms with van der Waals surface area (Å²) in [5.74, 6) is 0.274. The van der Waals surface area contributed by atoms with Crippen LogP contribution in [0.3, 0.4) is 0 Å². The average Bonchev–Trinajstić information content (AvgIpc) is 2.73. The first-order valence-electron chi connectivity index (χ1n) is 9.24. The van der Waals surface area contributed by atoms with Crippen LogP contribution in [0, 0.1) is 6.92 Å². The predicted molar refractivity (Wildman–Crippen MR) is 121 cm³/mol. The Morgan fingerprint density at radius 2 is 1.83 bits per heavy atom. The number of anilines is 1. The lowest BCUT2D eigenvalue weighted by molar-refractivity contribution is 0.102. The van der Waals surface area contributed by atoms with E-state index in [2.05, 4.69) is 10.3 Å². The lowest BCUT2D eigenvalue weighted by Crippen LogP contribution is -2.24. The smallest absolute Gasteiger partial charge is 0.261 e. The van der Waals surface area contributed by atoms with Gasteiger partial charge in [0.15, 0.2) is 0 Å². The Kier molecular flexibility index (Phi) is 5.57. The second-order valence-corrected chi connectivity index (χ2v) is 7.68. The summed E-state index contributed by atoms with van der Waals surface area (Å²) in [6, 6.07) is 19.1. The molecule has 0 bridgehead atoms. The number of benzene rings is 3. The molecule has 0 aliphatic heterocycles. The molecule has 1 N–H and O–H groups in total. The molecule has 4 rings (SSSR count). The second-order valence-electron chi connectivity index (χ2n) is 6.84. The molecule has 1 amide bonds. The molecule has 0 unspecified atom stereocenters. The zero-order valence-corrected chi connectivity index (χ0v) is 17.5. The number of hydrogen-bond donors (Lipinski definition) is 1. The molecule has 0 spiro atoms. The topological polar surface area (TPSA) is 64.0 Å². The fourth-order valence-electron chi connectivity index (χ4n) is 3.23. The summed E-state index contributed by atoms with van der Waals surface area (Å²) in [7, 11) is 0. The average molecular weight is 438 g/mol. The van der Waals surface area contributed by atoms with Crippen LogP contribution in [0.1, 0.15) is 21.7 Å². The summed E-state index contributed by atoms with van der Waals surface area (Å²) in [6.45, 7) is 2.10. The van der Waals surface area contributed by atoms with E-state index in [9.17, 15) is 9.59 Å². The van der Waals surface area contributed by atoms with Gasteiger partial charge in [-0.1, -0.05) is 47.5 Å². The molecule has 0 saturated carbocycles. The summed E-state index contributed by atoms with van der Waals surface area (Å²) in [5, 5.41) is 4.28. The normalized spacial score (nSPS) is 10.9. The highest BCUT2D eigenvalue weighted by atomic mass is 35.5. The van der Waals surface area contributed by atoms with Crippen LogP contribution in [0.5, 0.6) is 0 Å². The van der Waals surface area contributed by atoms with Gasteiger partial charge < -0.3 is 5.32 Å². The fraction of sp³-hybridized carbons (Fsp3) is 0.0870. The highest BCUT2D eigenvalue weighted by molar-refractivity contribution is 6.31. The molecule has 0 radical (unpaired) electrons. The maximum absolute atomic E-state index is 13.2. The number of nitrogens with one attached hydrogen (secondary N) is 1. The van der Waals surface area contributed by atoms with Gasteiger partial charge in [-0.3, -0.25) is 14.2 Å². The van der Waals surface area contributed by atoms with Gasteiger partial charge in [0.2, 0.25) is 0 Å². The van der Waals surface area contributed by atoms with Crippen molar-refractivity contribution in [3.63, 3.8) is 0 Å². The molecule has 0 fully saturated rings. The molecule has 0 aliphatic rings. The van der Waals surface area contributed by atoms with Gasteiger partial charge in [0.25, 0.3) is 11.5 Å². The minimum Gasteiger partial charge on any atom is -0.322 e. The van der Waals surface area contributed by atoms with Crippen molar-refractivity contribution in [2.24, 2.45) is 0 Å². The maximum Gasteiger partial charge on any atom is 0.261 e. The number of nitrogens with zero attached hydrogens (tertiary/aromatic N) is 2. The Labute approximate surface area is 182 Å². The number of halogens is 2. The van der Waals surface area contributed by atoms with Gasteiger partial charge in [0.05, 0.1) is 17.4 Å². The van der Waals surface area contributed by atoms with Crippen LogP contribution in [-0.4, -0.2) is 15.5 Å². The van der Waals surface area contributed by atoms with Crippen molar-refractivity contribution in [2.45, 2.75) is 13.5 Å². The molecule has 7 heteroatoms. The molecule has 150 valence electrons. The van der Waals surface area contributed by atoms with Crippen LogP contribution in [0.2, 0.25) is 10.0 Å². The largest absolute Gasteiger partial charge is 0.322 e.